The molecule has 0 radical (unpaired) electrons. The summed E-state index contributed by atoms with van der Waals surface area (Å²) in [7, 11) is 3.47. The molecule has 0 saturated carbocycles. The highest BCUT2D eigenvalue weighted by molar-refractivity contribution is 5.33. The Labute approximate surface area is 162 Å². The van der Waals surface area contributed by atoms with Gasteiger partial charge in [-0.05, 0) is 12.1 Å². The molecule has 1 heterocycles. The van der Waals surface area contributed by atoms with Crippen LogP contribution in [0.15, 0.2) is 48.5 Å². The Hall–Kier alpha value is -2.08. The Morgan fingerprint density at radius 3 is 2.00 bits per heavy atom. The van der Waals surface area contributed by atoms with E-state index in [1.54, 1.807) is 14.2 Å². The minimum Gasteiger partial charge on any atom is -0.496 e. The van der Waals surface area contributed by atoms with Gasteiger partial charge in [0, 0.05) is 63.5 Å². The Morgan fingerprint density at radius 1 is 0.778 bits per heavy atom. The van der Waals surface area contributed by atoms with E-state index in [0.29, 0.717) is 0 Å². The van der Waals surface area contributed by atoms with Crippen molar-refractivity contribution in [3.8, 4) is 11.5 Å². The average Bonchev–Trinajstić information content (AvgIpc) is 2.73. The molecule has 2 aromatic rings. The van der Waals surface area contributed by atoms with Crippen LogP contribution in [0.5, 0.6) is 11.5 Å². The van der Waals surface area contributed by atoms with Crippen molar-refractivity contribution in [2.75, 3.05) is 53.5 Å². The smallest absolute Gasteiger partial charge is 0.123 e. The summed E-state index contributed by atoms with van der Waals surface area (Å²) in [5.41, 5.74) is 2.48. The summed E-state index contributed by atoms with van der Waals surface area (Å²) in [4.78, 5) is 5.05. The van der Waals surface area contributed by atoms with Gasteiger partial charge >= 0.3 is 0 Å². The van der Waals surface area contributed by atoms with Crippen molar-refractivity contribution >= 4 is 0 Å². The first-order valence-electron chi connectivity index (χ1n) is 9.69. The largest absolute Gasteiger partial charge is 0.496 e. The first kappa shape index (κ1) is 19.7. The lowest BCUT2D eigenvalue weighted by molar-refractivity contribution is 0.127. The number of nitrogens with one attached hydrogen (secondary N) is 1. The Kier molecular flexibility index (Phi) is 7.51. The summed E-state index contributed by atoms with van der Waals surface area (Å²) in [5.74, 6) is 1.94. The molecule has 27 heavy (non-hydrogen) atoms. The SMILES string of the molecule is COc1ccccc1CNCCN1CCN(Cc2ccccc2OC)CC1. The van der Waals surface area contributed by atoms with Crippen molar-refractivity contribution in [1.82, 2.24) is 15.1 Å². The molecule has 2 aromatic carbocycles. The van der Waals surface area contributed by atoms with Gasteiger partial charge in [-0.1, -0.05) is 36.4 Å². The number of methoxy groups -OCH3 is 2. The fourth-order valence-electron chi connectivity index (χ4n) is 3.55. The molecule has 1 aliphatic heterocycles. The van der Waals surface area contributed by atoms with Gasteiger partial charge in [-0.2, -0.15) is 0 Å². The van der Waals surface area contributed by atoms with Crippen molar-refractivity contribution in [2.24, 2.45) is 0 Å². The monoisotopic (exact) mass is 369 g/mol. The number of para-hydroxylation sites is 2. The quantitative estimate of drug-likeness (QED) is 0.688. The van der Waals surface area contributed by atoms with E-state index in [1.165, 1.54) is 11.1 Å². The highest BCUT2D eigenvalue weighted by Crippen LogP contribution is 2.20. The fourth-order valence-corrected chi connectivity index (χ4v) is 3.55. The van der Waals surface area contributed by atoms with Crippen LogP contribution in [0.4, 0.5) is 0 Å². The Balaban J connectivity index is 1.36. The zero-order valence-corrected chi connectivity index (χ0v) is 16.5. The summed E-state index contributed by atoms with van der Waals surface area (Å²) in [6.07, 6.45) is 0. The molecule has 0 bridgehead atoms. The van der Waals surface area contributed by atoms with Crippen LogP contribution in [-0.4, -0.2) is 63.3 Å². The summed E-state index contributed by atoms with van der Waals surface area (Å²) >= 11 is 0. The van der Waals surface area contributed by atoms with Gasteiger partial charge in [-0.25, -0.2) is 0 Å². The molecule has 146 valence electrons. The molecule has 1 aliphatic rings. The molecule has 0 spiro atoms. The first-order chi connectivity index (χ1) is 13.3. The first-order valence-corrected chi connectivity index (χ1v) is 9.69. The lowest BCUT2D eigenvalue weighted by Gasteiger charge is -2.35. The standard InChI is InChI=1S/C22H31N3O2/c1-26-21-9-5-3-7-19(21)17-23-11-12-24-13-15-25(16-14-24)18-20-8-4-6-10-22(20)27-2/h3-10,23H,11-18H2,1-2H3. The van der Waals surface area contributed by atoms with E-state index in [9.17, 15) is 0 Å². The van der Waals surface area contributed by atoms with E-state index in [1.807, 2.05) is 24.3 Å². The van der Waals surface area contributed by atoms with Crippen molar-refractivity contribution in [3.63, 3.8) is 0 Å². The highest BCUT2D eigenvalue weighted by atomic mass is 16.5. The molecule has 3 rings (SSSR count). The van der Waals surface area contributed by atoms with Gasteiger partial charge in [-0.3, -0.25) is 9.80 Å². The van der Waals surface area contributed by atoms with Gasteiger partial charge in [0.15, 0.2) is 0 Å². The van der Waals surface area contributed by atoms with E-state index in [0.717, 1.165) is 63.9 Å². The predicted octanol–water partition coefficient (Wildman–Crippen LogP) is 2.61. The predicted molar refractivity (Wildman–Crippen MR) is 109 cm³/mol. The van der Waals surface area contributed by atoms with Crippen LogP contribution in [0.25, 0.3) is 0 Å². The van der Waals surface area contributed by atoms with Gasteiger partial charge in [-0.15, -0.1) is 0 Å². The van der Waals surface area contributed by atoms with Gasteiger partial charge in [0.1, 0.15) is 11.5 Å². The van der Waals surface area contributed by atoms with Crippen molar-refractivity contribution in [3.05, 3.63) is 59.7 Å². The maximum absolute atomic E-state index is 5.47. The van der Waals surface area contributed by atoms with Gasteiger partial charge in [0.05, 0.1) is 14.2 Å². The summed E-state index contributed by atoms with van der Waals surface area (Å²) in [6, 6.07) is 16.5. The molecule has 5 nitrogen and oxygen atoms in total. The third-order valence-corrected chi connectivity index (χ3v) is 5.16. The molecule has 0 amide bonds. The Bertz CT molecular complexity index is 697. The van der Waals surface area contributed by atoms with Crippen molar-refractivity contribution < 1.29 is 9.47 Å². The zero-order valence-electron chi connectivity index (χ0n) is 16.5. The minimum atomic E-state index is 0.845. The molecule has 0 aromatic heterocycles. The second-order valence-electron chi connectivity index (χ2n) is 6.92. The molecule has 0 unspecified atom stereocenters. The van der Waals surface area contributed by atoms with E-state index >= 15 is 0 Å². The average molecular weight is 370 g/mol. The second kappa shape index (κ2) is 10.3. The van der Waals surface area contributed by atoms with Crippen molar-refractivity contribution in [2.45, 2.75) is 13.1 Å². The van der Waals surface area contributed by atoms with E-state index in [-0.39, 0.29) is 0 Å². The summed E-state index contributed by atoms with van der Waals surface area (Å²) in [6.45, 7) is 8.32. The molecular formula is C22H31N3O2. The number of hydrogen-bond donors (Lipinski definition) is 1. The van der Waals surface area contributed by atoms with Crippen LogP contribution >= 0.6 is 0 Å². The number of hydrogen-bond acceptors (Lipinski definition) is 5. The fraction of sp³-hybridized carbons (Fsp3) is 0.455. The zero-order chi connectivity index (χ0) is 18.9. The highest BCUT2D eigenvalue weighted by Gasteiger charge is 2.17. The number of benzene rings is 2. The van der Waals surface area contributed by atoms with Crippen LogP contribution in [0.2, 0.25) is 0 Å². The molecule has 1 N–H and O–H groups in total. The number of ether oxygens (including phenoxy) is 2. The van der Waals surface area contributed by atoms with Crippen LogP contribution in [0.3, 0.4) is 0 Å². The topological polar surface area (TPSA) is 37.0 Å². The maximum Gasteiger partial charge on any atom is 0.123 e. The van der Waals surface area contributed by atoms with Gasteiger partial charge in [0.25, 0.3) is 0 Å². The number of piperazine rings is 1. The van der Waals surface area contributed by atoms with Crippen LogP contribution < -0.4 is 14.8 Å². The molecule has 0 atom stereocenters. The molecule has 5 heteroatoms. The van der Waals surface area contributed by atoms with E-state index < -0.39 is 0 Å². The van der Waals surface area contributed by atoms with Crippen molar-refractivity contribution in [1.29, 1.82) is 0 Å². The lowest BCUT2D eigenvalue weighted by Crippen LogP contribution is -2.47. The maximum atomic E-state index is 5.47. The van der Waals surface area contributed by atoms with Crippen LogP contribution in [-0.2, 0) is 13.1 Å². The third-order valence-electron chi connectivity index (χ3n) is 5.16. The van der Waals surface area contributed by atoms with Crippen LogP contribution in [0.1, 0.15) is 11.1 Å². The van der Waals surface area contributed by atoms with Gasteiger partial charge in [0.2, 0.25) is 0 Å². The Morgan fingerprint density at radius 2 is 1.33 bits per heavy atom. The summed E-state index contributed by atoms with van der Waals surface area (Å²) in [5, 5.41) is 3.54. The normalized spacial score (nSPS) is 15.6. The molecule has 1 fully saturated rings. The lowest BCUT2D eigenvalue weighted by atomic mass is 10.1. The van der Waals surface area contributed by atoms with Crippen LogP contribution in [0, 0.1) is 0 Å². The van der Waals surface area contributed by atoms with E-state index in [2.05, 4.69) is 39.4 Å². The molecular weight excluding hydrogens is 338 g/mol. The number of nitrogens with zero attached hydrogens (tertiary/aromatic N) is 2. The van der Waals surface area contributed by atoms with E-state index in [4.69, 9.17) is 9.47 Å². The minimum absolute atomic E-state index is 0.845. The molecule has 0 aliphatic carbocycles. The molecule has 1 saturated heterocycles. The van der Waals surface area contributed by atoms with Gasteiger partial charge < -0.3 is 14.8 Å². The number of rotatable bonds is 9. The second-order valence-corrected chi connectivity index (χ2v) is 6.92. The third kappa shape index (κ3) is 5.70. The summed E-state index contributed by atoms with van der Waals surface area (Å²) < 4.78 is 10.9.